The molecule has 0 aliphatic rings. The van der Waals surface area contributed by atoms with Crippen molar-refractivity contribution in [1.82, 2.24) is 29.7 Å². The van der Waals surface area contributed by atoms with Crippen molar-refractivity contribution in [2.24, 2.45) is 0 Å². The second kappa shape index (κ2) is 4.18. The third kappa shape index (κ3) is 1.64. The van der Waals surface area contributed by atoms with E-state index in [1.165, 1.54) is 19.8 Å². The first-order valence-electron chi connectivity index (χ1n) is 5.02. The van der Waals surface area contributed by atoms with Gasteiger partial charge in [-0.25, -0.2) is 4.98 Å². The molecule has 92 valence electrons. The smallest absolute Gasteiger partial charge is 0.242 e. The summed E-state index contributed by atoms with van der Waals surface area (Å²) in [6, 6.07) is 0. The molecule has 8 nitrogen and oxygen atoms in total. The van der Waals surface area contributed by atoms with Gasteiger partial charge >= 0.3 is 0 Å². The molecule has 0 bridgehead atoms. The maximum atomic E-state index is 5.23. The molecule has 18 heavy (non-hydrogen) atoms. The van der Waals surface area contributed by atoms with Gasteiger partial charge in [-0.1, -0.05) is 5.16 Å². The standard InChI is InChI=1S/C9H8N6O2S/c1-16-8-6-7(10-3-11-8)15(9(18)13-6)2-5-12-4-17-14-5/h3-4H,2H2,1H3,(H,13,18). The zero-order chi connectivity index (χ0) is 12.5. The summed E-state index contributed by atoms with van der Waals surface area (Å²) in [6.07, 6.45) is 2.68. The van der Waals surface area contributed by atoms with E-state index >= 15 is 0 Å². The van der Waals surface area contributed by atoms with Gasteiger partial charge < -0.3 is 14.2 Å². The first-order chi connectivity index (χ1) is 8.79. The zero-order valence-electron chi connectivity index (χ0n) is 9.32. The number of hydrogen-bond acceptors (Lipinski definition) is 7. The van der Waals surface area contributed by atoms with Crippen LogP contribution < -0.4 is 4.74 Å². The lowest BCUT2D eigenvalue weighted by atomic mass is 10.5. The van der Waals surface area contributed by atoms with Crippen molar-refractivity contribution in [3.63, 3.8) is 0 Å². The lowest BCUT2D eigenvalue weighted by Crippen LogP contribution is -2.02. The Morgan fingerprint density at radius 2 is 2.33 bits per heavy atom. The summed E-state index contributed by atoms with van der Waals surface area (Å²) in [6.45, 7) is 0.371. The first-order valence-corrected chi connectivity index (χ1v) is 5.43. The van der Waals surface area contributed by atoms with Gasteiger partial charge in [-0.05, 0) is 12.2 Å². The van der Waals surface area contributed by atoms with E-state index in [1.807, 2.05) is 0 Å². The molecule has 3 rings (SSSR count). The second-order valence-electron chi connectivity index (χ2n) is 3.45. The van der Waals surface area contributed by atoms with Crippen LogP contribution in [0.5, 0.6) is 5.88 Å². The molecule has 0 atom stereocenters. The second-order valence-corrected chi connectivity index (χ2v) is 3.83. The average molecular weight is 264 g/mol. The number of aromatic nitrogens is 6. The molecule has 0 amide bonds. The zero-order valence-corrected chi connectivity index (χ0v) is 10.1. The van der Waals surface area contributed by atoms with Gasteiger partial charge in [0.1, 0.15) is 11.8 Å². The molecule has 0 aromatic carbocycles. The number of aromatic amines is 1. The van der Waals surface area contributed by atoms with Crippen LogP contribution in [0.4, 0.5) is 0 Å². The van der Waals surface area contributed by atoms with Gasteiger partial charge in [0, 0.05) is 0 Å². The van der Waals surface area contributed by atoms with Crippen LogP contribution in [0.15, 0.2) is 17.2 Å². The predicted molar refractivity (Wildman–Crippen MR) is 62.7 cm³/mol. The Balaban J connectivity index is 2.17. The van der Waals surface area contributed by atoms with Crippen LogP contribution in [0.1, 0.15) is 5.82 Å². The minimum absolute atomic E-state index is 0.371. The van der Waals surface area contributed by atoms with Gasteiger partial charge in [0.05, 0.1) is 13.7 Å². The summed E-state index contributed by atoms with van der Waals surface area (Å²) in [4.78, 5) is 15.1. The topological polar surface area (TPSA) is 94.7 Å². The monoisotopic (exact) mass is 264 g/mol. The average Bonchev–Trinajstić information content (AvgIpc) is 2.99. The largest absolute Gasteiger partial charge is 0.479 e. The summed E-state index contributed by atoms with van der Waals surface area (Å²) < 4.78 is 12.1. The molecule has 0 saturated heterocycles. The van der Waals surface area contributed by atoms with Gasteiger partial charge in [0.15, 0.2) is 16.2 Å². The number of imidazole rings is 1. The Kier molecular flexibility index (Phi) is 2.52. The maximum Gasteiger partial charge on any atom is 0.242 e. The summed E-state index contributed by atoms with van der Waals surface area (Å²) in [7, 11) is 1.54. The summed E-state index contributed by atoms with van der Waals surface area (Å²) >= 11 is 5.23. The van der Waals surface area contributed by atoms with Crippen molar-refractivity contribution in [2.75, 3.05) is 7.11 Å². The molecule has 3 aromatic heterocycles. The van der Waals surface area contributed by atoms with E-state index in [-0.39, 0.29) is 0 Å². The fraction of sp³-hybridized carbons (Fsp3) is 0.222. The molecular formula is C9H8N6O2S. The highest BCUT2D eigenvalue weighted by Gasteiger charge is 2.12. The number of rotatable bonds is 3. The van der Waals surface area contributed by atoms with Gasteiger partial charge in [0.25, 0.3) is 0 Å². The highest BCUT2D eigenvalue weighted by Crippen LogP contribution is 2.20. The molecule has 9 heteroatoms. The molecule has 0 fully saturated rings. The van der Waals surface area contributed by atoms with Crippen LogP contribution in [0.25, 0.3) is 11.2 Å². The third-order valence-electron chi connectivity index (χ3n) is 2.43. The van der Waals surface area contributed by atoms with E-state index in [0.29, 0.717) is 34.2 Å². The van der Waals surface area contributed by atoms with Crippen molar-refractivity contribution in [3.8, 4) is 5.88 Å². The molecule has 3 heterocycles. The van der Waals surface area contributed by atoms with Crippen molar-refractivity contribution in [1.29, 1.82) is 0 Å². The minimum atomic E-state index is 0.371. The van der Waals surface area contributed by atoms with Crippen LogP contribution in [-0.2, 0) is 6.54 Å². The van der Waals surface area contributed by atoms with Crippen LogP contribution in [0.3, 0.4) is 0 Å². The van der Waals surface area contributed by atoms with Gasteiger partial charge in [-0.15, -0.1) is 0 Å². The predicted octanol–water partition coefficient (Wildman–Crippen LogP) is 0.929. The highest BCUT2D eigenvalue weighted by molar-refractivity contribution is 7.71. The quantitative estimate of drug-likeness (QED) is 0.703. The number of H-pyrrole nitrogens is 1. The number of nitrogens with one attached hydrogen (secondary N) is 1. The van der Waals surface area contributed by atoms with Crippen LogP contribution >= 0.6 is 12.2 Å². The lowest BCUT2D eigenvalue weighted by molar-refractivity contribution is 0.401. The Bertz CT molecular complexity index is 731. The molecule has 0 aliphatic carbocycles. The Morgan fingerprint density at radius 1 is 1.44 bits per heavy atom. The lowest BCUT2D eigenvalue weighted by Gasteiger charge is -2.00. The van der Waals surface area contributed by atoms with Crippen molar-refractivity contribution < 1.29 is 9.26 Å². The van der Waals surface area contributed by atoms with Crippen molar-refractivity contribution in [2.45, 2.75) is 6.54 Å². The van der Waals surface area contributed by atoms with E-state index in [9.17, 15) is 0 Å². The number of nitrogens with zero attached hydrogens (tertiary/aromatic N) is 5. The number of fused-ring (bicyclic) bond motifs is 1. The van der Waals surface area contributed by atoms with E-state index in [4.69, 9.17) is 17.0 Å². The van der Waals surface area contributed by atoms with Crippen LogP contribution in [0.2, 0.25) is 0 Å². The number of hydrogen-bond donors (Lipinski definition) is 1. The van der Waals surface area contributed by atoms with E-state index < -0.39 is 0 Å². The fourth-order valence-corrected chi connectivity index (χ4v) is 1.90. The van der Waals surface area contributed by atoms with E-state index in [0.717, 1.165) is 0 Å². The summed E-state index contributed by atoms with van der Waals surface area (Å²) in [5, 5.41) is 3.74. The van der Waals surface area contributed by atoms with Crippen molar-refractivity contribution in [3.05, 3.63) is 23.3 Å². The molecule has 0 saturated carbocycles. The first kappa shape index (κ1) is 10.8. The Hall–Kier alpha value is -2.29. The molecule has 3 aromatic rings. The molecule has 0 aliphatic heterocycles. The van der Waals surface area contributed by atoms with Crippen molar-refractivity contribution >= 4 is 23.4 Å². The maximum absolute atomic E-state index is 5.23. The van der Waals surface area contributed by atoms with Gasteiger partial charge in [-0.3, -0.25) is 4.57 Å². The van der Waals surface area contributed by atoms with Crippen LogP contribution in [-0.4, -0.2) is 36.8 Å². The molecular weight excluding hydrogens is 256 g/mol. The third-order valence-corrected chi connectivity index (χ3v) is 2.75. The Morgan fingerprint density at radius 3 is 3.06 bits per heavy atom. The molecule has 0 radical (unpaired) electrons. The van der Waals surface area contributed by atoms with E-state index in [1.54, 1.807) is 4.57 Å². The fourth-order valence-electron chi connectivity index (χ4n) is 1.65. The highest BCUT2D eigenvalue weighted by atomic mass is 32.1. The summed E-state index contributed by atoms with van der Waals surface area (Å²) in [5.41, 5.74) is 1.28. The van der Waals surface area contributed by atoms with Crippen LogP contribution in [0, 0.1) is 4.77 Å². The van der Waals surface area contributed by atoms with Gasteiger partial charge in [0.2, 0.25) is 12.3 Å². The van der Waals surface area contributed by atoms with Gasteiger partial charge in [-0.2, -0.15) is 9.97 Å². The minimum Gasteiger partial charge on any atom is -0.479 e. The normalized spacial score (nSPS) is 10.9. The summed E-state index contributed by atoms with van der Waals surface area (Å²) in [5.74, 6) is 0.961. The molecule has 1 N–H and O–H groups in total. The number of ether oxygens (including phenoxy) is 1. The molecule has 0 unspecified atom stereocenters. The SMILES string of the molecule is COc1ncnc2c1[nH]c(=S)n2Cc1ncon1. The molecule has 0 spiro atoms. The Labute approximate surface area is 106 Å². The van der Waals surface area contributed by atoms with E-state index in [2.05, 4.69) is 29.6 Å². The number of methoxy groups -OCH3 is 1.